The molecular formula is C13H23N3O4. The van der Waals surface area contributed by atoms with Gasteiger partial charge >= 0.3 is 12.0 Å². The van der Waals surface area contributed by atoms with Crippen LogP contribution in [0.2, 0.25) is 0 Å². The molecule has 3 unspecified atom stereocenters. The highest BCUT2D eigenvalue weighted by Gasteiger charge is 2.29. The van der Waals surface area contributed by atoms with E-state index in [0.29, 0.717) is 11.8 Å². The highest BCUT2D eigenvalue weighted by Crippen LogP contribution is 2.29. The van der Waals surface area contributed by atoms with Crippen LogP contribution in [0.25, 0.3) is 0 Å². The molecule has 5 N–H and O–H groups in total. The van der Waals surface area contributed by atoms with E-state index < -0.39 is 30.4 Å². The molecule has 0 spiro atoms. The molecule has 0 aliphatic heterocycles. The third-order valence-corrected chi connectivity index (χ3v) is 4.03. The smallest absolute Gasteiger partial charge is 0.326 e. The number of carbonyl (C=O) groups excluding carboxylic acids is 2. The molecule has 0 aromatic heterocycles. The van der Waals surface area contributed by atoms with Gasteiger partial charge in [-0.3, -0.25) is 4.79 Å². The SMILES string of the molecule is CC1CCCC(NC(=O)N[C@H](CC(N)=O)C(=O)O)C1C. The Labute approximate surface area is 118 Å². The third-order valence-electron chi connectivity index (χ3n) is 4.03. The summed E-state index contributed by atoms with van der Waals surface area (Å²) >= 11 is 0. The zero-order chi connectivity index (χ0) is 15.3. The van der Waals surface area contributed by atoms with E-state index in [1.807, 2.05) is 0 Å². The molecule has 4 atom stereocenters. The molecule has 0 saturated heterocycles. The van der Waals surface area contributed by atoms with E-state index in [0.717, 1.165) is 19.3 Å². The molecule has 1 fully saturated rings. The van der Waals surface area contributed by atoms with Crippen LogP contribution in [0.5, 0.6) is 0 Å². The van der Waals surface area contributed by atoms with Gasteiger partial charge in [0.15, 0.2) is 0 Å². The van der Waals surface area contributed by atoms with E-state index in [2.05, 4.69) is 24.5 Å². The Morgan fingerprint density at radius 3 is 2.50 bits per heavy atom. The molecular weight excluding hydrogens is 262 g/mol. The molecule has 1 aliphatic rings. The van der Waals surface area contributed by atoms with Gasteiger partial charge in [-0.25, -0.2) is 9.59 Å². The lowest BCUT2D eigenvalue weighted by Crippen LogP contribution is -2.52. The number of hydrogen-bond donors (Lipinski definition) is 4. The summed E-state index contributed by atoms with van der Waals surface area (Å²) in [4.78, 5) is 33.5. The van der Waals surface area contributed by atoms with Gasteiger partial charge in [-0.2, -0.15) is 0 Å². The topological polar surface area (TPSA) is 122 Å². The van der Waals surface area contributed by atoms with Crippen LogP contribution < -0.4 is 16.4 Å². The summed E-state index contributed by atoms with van der Waals surface area (Å²) in [6, 6.07) is -1.82. The molecule has 0 aromatic rings. The minimum atomic E-state index is -1.29. The van der Waals surface area contributed by atoms with Gasteiger partial charge < -0.3 is 21.5 Å². The maximum Gasteiger partial charge on any atom is 0.326 e. The molecule has 1 aliphatic carbocycles. The Bertz CT molecular complexity index is 386. The minimum absolute atomic E-state index is 0.0294. The van der Waals surface area contributed by atoms with Gasteiger partial charge in [0.2, 0.25) is 5.91 Å². The average molecular weight is 285 g/mol. The van der Waals surface area contributed by atoms with Crippen molar-refractivity contribution in [2.24, 2.45) is 17.6 Å². The summed E-state index contributed by atoms with van der Waals surface area (Å²) in [7, 11) is 0. The van der Waals surface area contributed by atoms with Crippen molar-refractivity contribution in [1.29, 1.82) is 0 Å². The summed E-state index contributed by atoms with van der Waals surface area (Å²) in [5.41, 5.74) is 4.96. The highest BCUT2D eigenvalue weighted by molar-refractivity contribution is 5.87. The molecule has 0 radical (unpaired) electrons. The summed E-state index contributed by atoms with van der Waals surface area (Å²) < 4.78 is 0. The van der Waals surface area contributed by atoms with Crippen molar-refractivity contribution in [2.75, 3.05) is 0 Å². The zero-order valence-corrected chi connectivity index (χ0v) is 11.9. The van der Waals surface area contributed by atoms with Gasteiger partial charge in [0, 0.05) is 6.04 Å². The molecule has 3 amide bonds. The number of nitrogens with two attached hydrogens (primary N) is 1. The van der Waals surface area contributed by atoms with Crippen molar-refractivity contribution in [1.82, 2.24) is 10.6 Å². The van der Waals surface area contributed by atoms with Gasteiger partial charge in [0.05, 0.1) is 6.42 Å². The van der Waals surface area contributed by atoms with Crippen molar-refractivity contribution in [3.8, 4) is 0 Å². The second-order valence-electron chi connectivity index (χ2n) is 5.55. The van der Waals surface area contributed by atoms with E-state index in [9.17, 15) is 14.4 Å². The Balaban J connectivity index is 2.52. The lowest BCUT2D eigenvalue weighted by Gasteiger charge is -2.34. The van der Waals surface area contributed by atoms with E-state index in [-0.39, 0.29) is 6.04 Å². The summed E-state index contributed by atoms with van der Waals surface area (Å²) in [6.45, 7) is 4.22. The van der Waals surface area contributed by atoms with Crippen molar-refractivity contribution in [3.05, 3.63) is 0 Å². The first kappa shape index (κ1) is 16.3. The monoisotopic (exact) mass is 285 g/mol. The molecule has 114 valence electrons. The quantitative estimate of drug-likeness (QED) is 0.585. The van der Waals surface area contributed by atoms with Crippen LogP contribution in [0.3, 0.4) is 0 Å². The number of carbonyl (C=O) groups is 3. The summed E-state index contributed by atoms with van der Waals surface area (Å²) in [5.74, 6) is -1.18. The van der Waals surface area contributed by atoms with E-state index >= 15 is 0 Å². The third kappa shape index (κ3) is 4.71. The number of primary amides is 1. The molecule has 1 saturated carbocycles. The second-order valence-corrected chi connectivity index (χ2v) is 5.55. The van der Waals surface area contributed by atoms with Gasteiger partial charge in [0.1, 0.15) is 6.04 Å². The van der Waals surface area contributed by atoms with E-state index in [4.69, 9.17) is 10.8 Å². The van der Waals surface area contributed by atoms with Crippen LogP contribution in [0, 0.1) is 11.8 Å². The number of carboxylic acid groups (broad SMARTS) is 1. The normalized spacial score (nSPS) is 27.4. The predicted molar refractivity (Wildman–Crippen MR) is 72.9 cm³/mol. The van der Waals surface area contributed by atoms with Crippen molar-refractivity contribution >= 4 is 17.9 Å². The number of rotatable bonds is 5. The summed E-state index contributed by atoms with van der Waals surface area (Å²) in [6.07, 6.45) is 2.65. The molecule has 0 aromatic carbocycles. The first-order chi connectivity index (χ1) is 9.31. The molecule has 1 rings (SSSR count). The number of hydrogen-bond acceptors (Lipinski definition) is 3. The highest BCUT2D eigenvalue weighted by atomic mass is 16.4. The molecule has 0 heterocycles. The number of carboxylic acids is 1. The fourth-order valence-corrected chi connectivity index (χ4v) is 2.56. The first-order valence-corrected chi connectivity index (χ1v) is 6.89. The Morgan fingerprint density at radius 2 is 1.95 bits per heavy atom. The number of amides is 3. The number of aliphatic carboxylic acids is 1. The largest absolute Gasteiger partial charge is 0.480 e. The molecule has 0 bridgehead atoms. The lowest BCUT2D eigenvalue weighted by atomic mass is 9.78. The van der Waals surface area contributed by atoms with Crippen molar-refractivity contribution in [3.63, 3.8) is 0 Å². The van der Waals surface area contributed by atoms with Gasteiger partial charge in [-0.1, -0.05) is 26.7 Å². The minimum Gasteiger partial charge on any atom is -0.480 e. The van der Waals surface area contributed by atoms with Crippen LogP contribution in [0.15, 0.2) is 0 Å². The fraction of sp³-hybridized carbons (Fsp3) is 0.769. The average Bonchev–Trinajstić information content (AvgIpc) is 2.33. The van der Waals surface area contributed by atoms with Crippen LogP contribution in [-0.2, 0) is 9.59 Å². The fourth-order valence-electron chi connectivity index (χ4n) is 2.56. The van der Waals surface area contributed by atoms with Crippen LogP contribution in [0.1, 0.15) is 39.5 Å². The van der Waals surface area contributed by atoms with Gasteiger partial charge in [-0.05, 0) is 18.3 Å². The summed E-state index contributed by atoms with van der Waals surface area (Å²) in [5, 5.41) is 14.0. The van der Waals surface area contributed by atoms with Crippen LogP contribution in [0.4, 0.5) is 4.79 Å². The standard InChI is InChI=1S/C13H23N3O4/c1-7-4-3-5-9(8(7)2)15-13(20)16-10(12(18)19)6-11(14)17/h7-10H,3-6H2,1-2H3,(H2,14,17)(H,18,19)(H2,15,16,20)/t7?,8?,9?,10-/m1/s1. The van der Waals surface area contributed by atoms with Crippen molar-refractivity contribution < 1.29 is 19.5 Å². The van der Waals surface area contributed by atoms with E-state index in [1.165, 1.54) is 0 Å². The molecule has 7 heteroatoms. The number of urea groups is 1. The zero-order valence-electron chi connectivity index (χ0n) is 11.9. The maximum absolute atomic E-state index is 11.8. The predicted octanol–water partition coefficient (Wildman–Crippen LogP) is 0.439. The van der Waals surface area contributed by atoms with E-state index in [1.54, 1.807) is 0 Å². The lowest BCUT2D eigenvalue weighted by molar-refractivity contribution is -0.140. The van der Waals surface area contributed by atoms with Crippen molar-refractivity contribution in [2.45, 2.75) is 51.6 Å². The van der Waals surface area contributed by atoms with Crippen LogP contribution >= 0.6 is 0 Å². The van der Waals surface area contributed by atoms with Crippen LogP contribution in [-0.4, -0.2) is 35.1 Å². The first-order valence-electron chi connectivity index (χ1n) is 6.89. The molecule has 20 heavy (non-hydrogen) atoms. The molecule has 7 nitrogen and oxygen atoms in total. The van der Waals surface area contributed by atoms with Gasteiger partial charge in [-0.15, -0.1) is 0 Å². The Morgan fingerprint density at radius 1 is 1.30 bits per heavy atom. The Hall–Kier alpha value is -1.79. The number of nitrogens with one attached hydrogen (secondary N) is 2. The van der Waals surface area contributed by atoms with Gasteiger partial charge in [0.25, 0.3) is 0 Å². The second kappa shape index (κ2) is 7.12. The maximum atomic E-state index is 11.8. The Kier molecular flexibility index (Phi) is 5.79.